The molecular formula is C20H13F2NO2. The highest BCUT2D eigenvalue weighted by atomic mass is 19.1. The number of anilines is 1. The van der Waals surface area contributed by atoms with Gasteiger partial charge in [-0.3, -0.25) is 9.59 Å². The fraction of sp³-hybridized carbons (Fsp3) is 0. The lowest BCUT2D eigenvalue weighted by atomic mass is 10.0. The van der Waals surface area contributed by atoms with Crippen molar-refractivity contribution < 1.29 is 18.4 Å². The molecule has 1 N–H and O–H groups in total. The summed E-state index contributed by atoms with van der Waals surface area (Å²) in [5.41, 5.74) is 0.982. The SMILES string of the molecule is O=C(c1ccccc1)c1cccc(NC(=O)c2ccc(F)cc2F)c1. The van der Waals surface area contributed by atoms with Crippen LogP contribution in [0.15, 0.2) is 72.8 Å². The van der Waals surface area contributed by atoms with E-state index in [1.54, 1.807) is 42.5 Å². The second kappa shape index (κ2) is 7.05. The van der Waals surface area contributed by atoms with Crippen molar-refractivity contribution in [1.82, 2.24) is 0 Å². The average Bonchev–Trinajstić information content (AvgIpc) is 2.62. The zero-order valence-corrected chi connectivity index (χ0v) is 13.0. The van der Waals surface area contributed by atoms with Crippen molar-refractivity contribution in [3.05, 3.63) is 101 Å². The van der Waals surface area contributed by atoms with Crippen molar-refractivity contribution in [3.63, 3.8) is 0 Å². The first kappa shape index (κ1) is 16.5. The number of carbonyl (C=O) groups is 2. The lowest BCUT2D eigenvalue weighted by molar-refractivity contribution is 0.101. The summed E-state index contributed by atoms with van der Waals surface area (Å²) >= 11 is 0. The molecule has 0 bridgehead atoms. The monoisotopic (exact) mass is 337 g/mol. The Labute approximate surface area is 142 Å². The Hall–Kier alpha value is -3.34. The van der Waals surface area contributed by atoms with Gasteiger partial charge in [0.25, 0.3) is 5.91 Å². The van der Waals surface area contributed by atoms with Gasteiger partial charge in [-0.1, -0.05) is 42.5 Å². The van der Waals surface area contributed by atoms with Crippen LogP contribution in [0.4, 0.5) is 14.5 Å². The second-order valence-corrected chi connectivity index (χ2v) is 5.35. The van der Waals surface area contributed by atoms with Crippen molar-refractivity contribution >= 4 is 17.4 Å². The minimum atomic E-state index is -0.950. The molecule has 0 saturated carbocycles. The average molecular weight is 337 g/mol. The molecule has 3 nitrogen and oxygen atoms in total. The molecule has 1 amide bonds. The number of hydrogen-bond acceptors (Lipinski definition) is 2. The normalized spacial score (nSPS) is 10.3. The van der Waals surface area contributed by atoms with E-state index >= 15 is 0 Å². The third-order valence-electron chi connectivity index (χ3n) is 3.59. The van der Waals surface area contributed by atoms with E-state index in [-0.39, 0.29) is 11.3 Å². The number of hydrogen-bond donors (Lipinski definition) is 1. The minimum Gasteiger partial charge on any atom is -0.322 e. The topological polar surface area (TPSA) is 46.2 Å². The quantitative estimate of drug-likeness (QED) is 0.715. The summed E-state index contributed by atoms with van der Waals surface area (Å²) in [5, 5.41) is 2.51. The van der Waals surface area contributed by atoms with Crippen LogP contribution in [0.1, 0.15) is 26.3 Å². The number of ketones is 1. The van der Waals surface area contributed by atoms with E-state index in [9.17, 15) is 18.4 Å². The highest BCUT2D eigenvalue weighted by molar-refractivity contribution is 6.10. The minimum absolute atomic E-state index is 0.190. The van der Waals surface area contributed by atoms with Gasteiger partial charge in [-0.2, -0.15) is 0 Å². The summed E-state index contributed by atoms with van der Waals surface area (Å²) < 4.78 is 26.6. The van der Waals surface area contributed by atoms with Crippen molar-refractivity contribution in [2.24, 2.45) is 0 Å². The molecule has 3 rings (SSSR count). The zero-order valence-electron chi connectivity index (χ0n) is 13.0. The first-order valence-electron chi connectivity index (χ1n) is 7.51. The van der Waals surface area contributed by atoms with Crippen LogP contribution in [0.2, 0.25) is 0 Å². The number of rotatable bonds is 4. The molecule has 124 valence electrons. The van der Waals surface area contributed by atoms with Crippen LogP contribution >= 0.6 is 0 Å². The summed E-state index contributed by atoms with van der Waals surface area (Å²) in [6, 6.07) is 17.8. The Bertz CT molecular complexity index is 939. The Kier molecular flexibility index (Phi) is 4.66. The molecule has 0 aliphatic rings. The van der Waals surface area contributed by atoms with Gasteiger partial charge in [0.15, 0.2) is 5.78 Å². The molecule has 25 heavy (non-hydrogen) atoms. The molecule has 0 saturated heterocycles. The fourth-order valence-electron chi connectivity index (χ4n) is 2.37. The fourth-order valence-corrected chi connectivity index (χ4v) is 2.37. The third kappa shape index (κ3) is 3.77. The number of carbonyl (C=O) groups excluding carboxylic acids is 2. The summed E-state index contributed by atoms with van der Waals surface area (Å²) in [6.45, 7) is 0. The Balaban J connectivity index is 1.82. The van der Waals surface area contributed by atoms with Crippen LogP contribution in [-0.2, 0) is 0 Å². The van der Waals surface area contributed by atoms with Crippen molar-refractivity contribution in [1.29, 1.82) is 0 Å². The Morgan fingerprint density at radius 3 is 2.20 bits per heavy atom. The molecule has 0 aliphatic heterocycles. The van der Waals surface area contributed by atoms with Crippen LogP contribution in [-0.4, -0.2) is 11.7 Å². The van der Waals surface area contributed by atoms with E-state index in [1.165, 1.54) is 6.07 Å². The molecular weight excluding hydrogens is 324 g/mol. The maximum atomic E-state index is 13.7. The second-order valence-electron chi connectivity index (χ2n) is 5.35. The van der Waals surface area contributed by atoms with Gasteiger partial charge in [-0.25, -0.2) is 8.78 Å². The largest absolute Gasteiger partial charge is 0.322 e. The first-order valence-corrected chi connectivity index (χ1v) is 7.51. The highest BCUT2D eigenvalue weighted by Crippen LogP contribution is 2.17. The summed E-state index contributed by atoms with van der Waals surface area (Å²) in [6.07, 6.45) is 0. The molecule has 0 aliphatic carbocycles. The van der Waals surface area contributed by atoms with Crippen LogP contribution < -0.4 is 5.32 Å². The van der Waals surface area contributed by atoms with E-state index < -0.39 is 17.5 Å². The van der Waals surface area contributed by atoms with Crippen molar-refractivity contribution in [2.45, 2.75) is 0 Å². The molecule has 3 aromatic carbocycles. The van der Waals surface area contributed by atoms with Gasteiger partial charge in [-0.05, 0) is 24.3 Å². The van der Waals surface area contributed by atoms with E-state index in [0.717, 1.165) is 12.1 Å². The van der Waals surface area contributed by atoms with E-state index in [1.807, 2.05) is 6.07 Å². The molecule has 0 fully saturated rings. The molecule has 5 heteroatoms. The van der Waals surface area contributed by atoms with Gasteiger partial charge in [0, 0.05) is 22.9 Å². The van der Waals surface area contributed by atoms with Gasteiger partial charge >= 0.3 is 0 Å². The summed E-state index contributed by atoms with van der Waals surface area (Å²) in [4.78, 5) is 24.6. The van der Waals surface area contributed by atoms with Gasteiger partial charge in [0.05, 0.1) is 5.56 Å². The van der Waals surface area contributed by atoms with E-state index in [2.05, 4.69) is 5.32 Å². The lowest BCUT2D eigenvalue weighted by Gasteiger charge is -2.08. The molecule has 0 aromatic heterocycles. The first-order chi connectivity index (χ1) is 12.0. The van der Waals surface area contributed by atoms with Crippen LogP contribution in [0.25, 0.3) is 0 Å². The van der Waals surface area contributed by atoms with E-state index in [0.29, 0.717) is 22.9 Å². The van der Waals surface area contributed by atoms with Gasteiger partial charge in [-0.15, -0.1) is 0 Å². The number of amides is 1. The number of halogens is 2. The van der Waals surface area contributed by atoms with E-state index in [4.69, 9.17) is 0 Å². The van der Waals surface area contributed by atoms with Crippen molar-refractivity contribution in [3.8, 4) is 0 Å². The highest BCUT2D eigenvalue weighted by Gasteiger charge is 2.14. The third-order valence-corrected chi connectivity index (χ3v) is 3.59. The molecule has 0 spiro atoms. The summed E-state index contributed by atoms with van der Waals surface area (Å²) in [7, 11) is 0. The van der Waals surface area contributed by atoms with Crippen molar-refractivity contribution in [2.75, 3.05) is 5.32 Å². The van der Waals surface area contributed by atoms with Gasteiger partial charge < -0.3 is 5.32 Å². The maximum Gasteiger partial charge on any atom is 0.258 e. The van der Waals surface area contributed by atoms with Gasteiger partial charge in [0.2, 0.25) is 0 Å². The molecule has 0 atom stereocenters. The van der Waals surface area contributed by atoms with Crippen LogP contribution in [0.5, 0.6) is 0 Å². The predicted molar refractivity (Wildman–Crippen MR) is 90.6 cm³/mol. The van der Waals surface area contributed by atoms with Gasteiger partial charge in [0.1, 0.15) is 11.6 Å². The smallest absolute Gasteiger partial charge is 0.258 e. The molecule has 0 unspecified atom stereocenters. The maximum absolute atomic E-state index is 13.7. The van der Waals surface area contributed by atoms with Crippen LogP contribution in [0, 0.1) is 11.6 Å². The Morgan fingerprint density at radius 2 is 1.48 bits per heavy atom. The number of benzene rings is 3. The molecule has 3 aromatic rings. The number of nitrogens with one attached hydrogen (secondary N) is 1. The Morgan fingerprint density at radius 1 is 0.760 bits per heavy atom. The molecule has 0 heterocycles. The summed E-state index contributed by atoms with van der Waals surface area (Å²) in [5.74, 6) is -2.62. The van der Waals surface area contributed by atoms with Crippen LogP contribution in [0.3, 0.4) is 0 Å². The standard InChI is InChI=1S/C20H13F2NO2/c21-15-9-10-17(18(22)12-15)20(25)23-16-8-4-7-14(11-16)19(24)13-5-2-1-3-6-13/h1-12H,(H,23,25). The lowest BCUT2D eigenvalue weighted by Crippen LogP contribution is -2.14. The predicted octanol–water partition coefficient (Wildman–Crippen LogP) is 4.45. The molecule has 0 radical (unpaired) electrons. The zero-order chi connectivity index (χ0) is 17.8.